The summed E-state index contributed by atoms with van der Waals surface area (Å²) in [7, 11) is 0. The quantitative estimate of drug-likeness (QED) is 0.00962. The maximum absolute atomic E-state index is 14.5. The van der Waals surface area contributed by atoms with Crippen LogP contribution in [0.2, 0.25) is 0 Å². The van der Waals surface area contributed by atoms with Gasteiger partial charge in [0.1, 0.15) is 60.7 Å². The predicted molar refractivity (Wildman–Crippen MR) is 418 cm³/mol. The fraction of sp³-hybridized carbons (Fsp3) is 0.559. The van der Waals surface area contributed by atoms with Crippen molar-refractivity contribution in [2.24, 2.45) is 83.4 Å². The Hall–Kier alpha value is -11.0. The predicted octanol–water partition coefficient (Wildman–Crippen LogP) is -7.28. The van der Waals surface area contributed by atoms with Gasteiger partial charge in [-0.15, -0.1) is 0 Å². The topological polar surface area (TPSA) is 687 Å². The van der Waals surface area contributed by atoms with Crippen molar-refractivity contribution >= 4 is 132 Å². The van der Waals surface area contributed by atoms with E-state index >= 15 is 0 Å². The van der Waals surface area contributed by atoms with E-state index in [9.17, 15) is 72.2 Å². The van der Waals surface area contributed by atoms with Crippen LogP contribution in [0.25, 0.3) is 0 Å². The SMILES string of the molecule is CC[C@H](C)[C@H](NC(=O)[C@H](CCCN=C(N)N)NC(=O)CNC(=O)CNC(=O)[C@H](Cc1ccccc1)NC(=O)[C@H](CS)NC(=O)[C@H](N)CCCN=C(N)N)C(=O)N[C@@H](CC(=O)O)C(=O)N[C@@H](CCCN=C(N)N)C(=O)N[C@H](C(=O)N[C@@H](CS)C(=O)N[C@@H](Cc1ccccc1)C(=O)N[C@H](C=O)CCCN=C(N)N)[C@@H](C)CC. The highest BCUT2D eigenvalue weighted by molar-refractivity contribution is 7.80. The number of nitrogens with two attached hydrogens (primary N) is 9. The molecule has 0 saturated carbocycles. The molecule has 2 aromatic rings. The summed E-state index contributed by atoms with van der Waals surface area (Å²) in [5.41, 5.74) is 50.9. The molecule has 12 amide bonds. The lowest BCUT2D eigenvalue weighted by Gasteiger charge is -2.30. The van der Waals surface area contributed by atoms with Crippen LogP contribution in [-0.2, 0) is 80.0 Å². The Morgan fingerprint density at radius 2 is 0.755 bits per heavy atom. The van der Waals surface area contributed by atoms with E-state index in [0.717, 1.165) is 0 Å². The third kappa shape index (κ3) is 38.2. The summed E-state index contributed by atoms with van der Waals surface area (Å²) in [4.78, 5) is 207. The lowest BCUT2D eigenvalue weighted by molar-refractivity contribution is -0.142. The molecular weight excluding hydrogens is 1470 g/mol. The molecular formula is C68H111N25O15S2. The highest BCUT2D eigenvalue weighted by Gasteiger charge is 2.38. The number of hydrogen-bond donors (Lipinski definition) is 24. The lowest BCUT2D eigenvalue weighted by Crippen LogP contribution is -2.62. The van der Waals surface area contributed by atoms with Crippen LogP contribution in [0.3, 0.4) is 0 Å². The molecule has 0 radical (unpaired) electrons. The number of carboxylic acids is 1. The molecule has 31 N–H and O–H groups in total. The minimum absolute atomic E-state index is 0.00119. The number of rotatable bonds is 53. The Bertz CT molecular complexity index is 3470. The van der Waals surface area contributed by atoms with Crippen molar-refractivity contribution in [3.63, 3.8) is 0 Å². The summed E-state index contributed by atoms with van der Waals surface area (Å²) >= 11 is 8.53. The van der Waals surface area contributed by atoms with Gasteiger partial charge in [-0.2, -0.15) is 25.3 Å². The number of carboxylic acid groups (broad SMARTS) is 1. The summed E-state index contributed by atoms with van der Waals surface area (Å²) in [6, 6.07) is 1.74. The first-order valence-electron chi connectivity index (χ1n) is 35.7. The summed E-state index contributed by atoms with van der Waals surface area (Å²) in [5.74, 6) is -15.4. The highest BCUT2D eigenvalue weighted by Crippen LogP contribution is 2.15. The van der Waals surface area contributed by atoms with Crippen molar-refractivity contribution in [2.45, 2.75) is 178 Å². The number of carbonyl (C=O) groups is 14. The summed E-state index contributed by atoms with van der Waals surface area (Å²) in [6.45, 7) is 5.27. The smallest absolute Gasteiger partial charge is 0.305 e. The lowest BCUT2D eigenvalue weighted by atomic mass is 9.96. The molecule has 42 heteroatoms. The number of thiol groups is 2. The Kier molecular flexibility index (Phi) is 45.0. The number of hydrogen-bond acceptors (Lipinski definition) is 21. The Labute approximate surface area is 649 Å². The summed E-state index contributed by atoms with van der Waals surface area (Å²) < 4.78 is 0. The van der Waals surface area contributed by atoms with Gasteiger partial charge in [-0.25, -0.2) is 0 Å². The Morgan fingerprint density at radius 3 is 1.16 bits per heavy atom. The fourth-order valence-electron chi connectivity index (χ4n) is 10.4. The van der Waals surface area contributed by atoms with Crippen molar-refractivity contribution in [2.75, 3.05) is 50.8 Å². The minimum Gasteiger partial charge on any atom is -0.481 e. The number of aliphatic imine (C=N–C) groups is 4. The van der Waals surface area contributed by atoms with Crippen molar-refractivity contribution < 1.29 is 72.2 Å². The molecule has 0 aliphatic heterocycles. The molecule has 13 atom stereocenters. The van der Waals surface area contributed by atoms with Crippen molar-refractivity contribution in [3.8, 4) is 0 Å². The second-order valence-electron chi connectivity index (χ2n) is 25.7. The molecule has 0 aliphatic rings. The van der Waals surface area contributed by atoms with Crippen LogP contribution < -0.4 is 115 Å². The van der Waals surface area contributed by atoms with Gasteiger partial charge in [0.15, 0.2) is 23.8 Å². The Balaban J connectivity index is 2.39. The number of aliphatic carboxylic acids is 1. The van der Waals surface area contributed by atoms with Crippen LogP contribution in [0.15, 0.2) is 80.6 Å². The van der Waals surface area contributed by atoms with E-state index in [1.165, 1.54) is 0 Å². The molecule has 110 heavy (non-hydrogen) atoms. The fourth-order valence-corrected chi connectivity index (χ4v) is 10.9. The zero-order valence-electron chi connectivity index (χ0n) is 62.2. The molecule has 0 saturated heterocycles. The molecule has 0 heterocycles. The van der Waals surface area contributed by atoms with Gasteiger partial charge in [0.05, 0.1) is 31.6 Å². The summed E-state index contributed by atoms with van der Waals surface area (Å²) in [5, 5.41) is 40.4. The van der Waals surface area contributed by atoms with Crippen LogP contribution in [-0.4, -0.2) is 229 Å². The van der Waals surface area contributed by atoms with Crippen LogP contribution in [0, 0.1) is 11.8 Å². The van der Waals surface area contributed by atoms with Crippen molar-refractivity contribution in [1.29, 1.82) is 0 Å². The molecule has 2 rings (SSSR count). The molecule has 0 spiro atoms. The first kappa shape index (κ1) is 95.0. The molecule has 2 aromatic carbocycles. The highest BCUT2D eigenvalue weighted by atomic mass is 32.1. The van der Waals surface area contributed by atoms with Gasteiger partial charge < -0.3 is 125 Å². The number of carbonyl (C=O) groups excluding carboxylic acids is 13. The third-order valence-corrected chi connectivity index (χ3v) is 17.6. The number of guanidine groups is 4. The normalized spacial score (nSPS) is 14.4. The maximum atomic E-state index is 14.5. The van der Waals surface area contributed by atoms with Crippen LogP contribution in [0.1, 0.15) is 109 Å². The Morgan fingerprint density at radius 1 is 0.409 bits per heavy atom. The number of nitrogens with one attached hydrogen (secondary N) is 12. The van der Waals surface area contributed by atoms with E-state index < -0.39 is 175 Å². The second-order valence-corrected chi connectivity index (χ2v) is 26.5. The van der Waals surface area contributed by atoms with Crippen molar-refractivity contribution in [1.82, 2.24) is 63.8 Å². The van der Waals surface area contributed by atoms with Gasteiger partial charge in [-0.1, -0.05) is 101 Å². The molecule has 0 aliphatic carbocycles. The molecule has 0 unspecified atom stereocenters. The van der Waals surface area contributed by atoms with E-state index in [1.54, 1.807) is 88.4 Å². The maximum Gasteiger partial charge on any atom is 0.305 e. The third-order valence-electron chi connectivity index (χ3n) is 16.9. The molecule has 0 fully saturated rings. The summed E-state index contributed by atoms with van der Waals surface area (Å²) in [6.07, 6.45) is 0.379. The van der Waals surface area contributed by atoms with E-state index in [2.05, 4.69) is 109 Å². The molecule has 0 bridgehead atoms. The zero-order valence-corrected chi connectivity index (χ0v) is 64.0. The first-order valence-corrected chi connectivity index (χ1v) is 36.9. The second kappa shape index (κ2) is 52.1. The number of amides is 12. The van der Waals surface area contributed by atoms with Gasteiger partial charge in [0, 0.05) is 50.5 Å². The van der Waals surface area contributed by atoms with Gasteiger partial charge in [-0.3, -0.25) is 82.3 Å². The zero-order chi connectivity index (χ0) is 82.4. The van der Waals surface area contributed by atoms with E-state index in [-0.39, 0.29) is 126 Å². The molecule has 610 valence electrons. The van der Waals surface area contributed by atoms with Crippen LogP contribution in [0.5, 0.6) is 0 Å². The van der Waals surface area contributed by atoms with E-state index in [1.807, 2.05) is 0 Å². The number of benzene rings is 2. The van der Waals surface area contributed by atoms with Gasteiger partial charge in [-0.05, 0) is 74.3 Å². The van der Waals surface area contributed by atoms with Crippen LogP contribution >= 0.6 is 25.3 Å². The number of nitrogens with zero attached hydrogens (tertiary/aromatic N) is 4. The molecule has 40 nitrogen and oxygen atoms in total. The average Bonchev–Trinajstić information content (AvgIpc) is 0.851. The van der Waals surface area contributed by atoms with Gasteiger partial charge in [0.2, 0.25) is 70.9 Å². The van der Waals surface area contributed by atoms with Crippen molar-refractivity contribution in [3.05, 3.63) is 71.8 Å². The minimum atomic E-state index is -1.96. The standard InChI is InChI=1S/C68H111N25O15S2/c1-5-37(3)53(92-57(101)43(23-15-27-80-67(74)75)85-51(96)33-82-50(95)32-83-56(100)45(29-39-17-9-7-10-18-39)87-61(105)48(35-109)90-55(99)42(69)22-14-26-79-66(72)73)63(107)89-47(31-52(97)98)60(104)86-44(24-16-28-81-68(76)77)58(102)93-54(38(4)6-2)64(108)91-49(36-110)62(106)88-46(30-40-19-11-8-12-20-40)59(103)84-41(34-94)21-13-25-78-65(70)71/h7-12,17-20,34,37-38,41-49,53-54,109-110H,5-6,13-16,21-33,35-36,69H2,1-4H3,(H,82,95)(H,83,100)(H,84,103)(H,85,96)(H,86,104)(H,87,105)(H,88,106)(H,89,107)(H,90,99)(H,91,108)(H,92,101)(H,93,102)(H,97,98)(H4,70,71,78)(H4,72,73,79)(H4,74,75,80)(H4,76,77,81)/t37-,38-,41-,42+,43-,44-,45-,46-,47-,48-,49-,53-,54-/m0/s1. The first-order chi connectivity index (χ1) is 52.2. The van der Waals surface area contributed by atoms with E-state index in [4.69, 9.17) is 51.6 Å². The largest absolute Gasteiger partial charge is 0.481 e. The molecule has 0 aromatic heterocycles. The van der Waals surface area contributed by atoms with E-state index in [0.29, 0.717) is 30.3 Å². The van der Waals surface area contributed by atoms with Crippen LogP contribution in [0.4, 0.5) is 0 Å². The number of aldehydes is 1. The average molecular weight is 1580 g/mol. The van der Waals surface area contributed by atoms with Gasteiger partial charge in [0.25, 0.3) is 0 Å². The monoisotopic (exact) mass is 1580 g/mol. The van der Waals surface area contributed by atoms with Gasteiger partial charge >= 0.3 is 5.97 Å².